The molecule has 2 saturated heterocycles. The van der Waals surface area contributed by atoms with E-state index in [4.69, 9.17) is 0 Å². The van der Waals surface area contributed by atoms with Crippen LogP contribution in [0.2, 0.25) is 0 Å². The van der Waals surface area contributed by atoms with Crippen LogP contribution in [0.15, 0.2) is 42.5 Å². The van der Waals surface area contributed by atoms with Crippen LogP contribution in [0.5, 0.6) is 0 Å². The highest BCUT2D eigenvalue weighted by Crippen LogP contribution is 2.21. The summed E-state index contributed by atoms with van der Waals surface area (Å²) in [5.74, 6) is 0.171. The molecule has 0 saturated carbocycles. The summed E-state index contributed by atoms with van der Waals surface area (Å²) in [4.78, 5) is 22.2. The number of anilines is 1. The van der Waals surface area contributed by atoms with Gasteiger partial charge in [0.05, 0.1) is 0 Å². The zero-order valence-corrected chi connectivity index (χ0v) is 19.3. The number of carbonyl (C=O) groups excluding carboxylic acids is 1. The molecule has 0 aromatic heterocycles. The van der Waals surface area contributed by atoms with E-state index >= 15 is 0 Å². The van der Waals surface area contributed by atoms with Crippen molar-refractivity contribution >= 4 is 11.6 Å². The Morgan fingerprint density at radius 2 is 1.42 bits per heavy atom. The summed E-state index contributed by atoms with van der Waals surface area (Å²) in [6.07, 6.45) is 0. The van der Waals surface area contributed by atoms with E-state index in [1.807, 2.05) is 17.0 Å². The number of rotatable bonds is 5. The molecule has 31 heavy (non-hydrogen) atoms. The standard InChI is InChI=1S/C26H36N4O/c1-4-27-11-17-30(18-12-27)26(31)24-8-6-23(7-9-24)20-28-13-15-29(16-14-28)25-10-5-21(2)22(3)19-25/h5-10,19H,4,11-18,20H2,1-3H3. The minimum atomic E-state index is 0.171. The molecule has 2 heterocycles. The lowest BCUT2D eigenvalue weighted by Crippen LogP contribution is -2.48. The van der Waals surface area contributed by atoms with Crippen LogP contribution in [0.1, 0.15) is 34.0 Å². The molecule has 0 N–H and O–H groups in total. The zero-order chi connectivity index (χ0) is 21.8. The maximum atomic E-state index is 12.8. The van der Waals surface area contributed by atoms with Crippen molar-refractivity contribution in [1.29, 1.82) is 0 Å². The fourth-order valence-corrected chi connectivity index (χ4v) is 4.55. The van der Waals surface area contributed by atoms with Crippen LogP contribution in [0, 0.1) is 13.8 Å². The molecule has 0 radical (unpaired) electrons. The van der Waals surface area contributed by atoms with E-state index in [1.54, 1.807) is 0 Å². The van der Waals surface area contributed by atoms with Crippen LogP contribution in [0.3, 0.4) is 0 Å². The minimum Gasteiger partial charge on any atom is -0.369 e. The second-order valence-electron chi connectivity index (χ2n) is 8.96. The van der Waals surface area contributed by atoms with Crippen molar-refractivity contribution in [3.05, 3.63) is 64.7 Å². The zero-order valence-electron chi connectivity index (χ0n) is 19.3. The van der Waals surface area contributed by atoms with E-state index in [0.717, 1.165) is 71.0 Å². The molecular weight excluding hydrogens is 384 g/mol. The SMILES string of the molecule is CCN1CCN(C(=O)c2ccc(CN3CCN(c4ccc(C)c(C)c4)CC3)cc2)CC1. The highest BCUT2D eigenvalue weighted by atomic mass is 16.2. The lowest BCUT2D eigenvalue weighted by atomic mass is 10.1. The lowest BCUT2D eigenvalue weighted by molar-refractivity contribution is 0.0643. The van der Waals surface area contributed by atoms with Crippen molar-refractivity contribution in [2.45, 2.75) is 27.3 Å². The first kappa shape index (κ1) is 21.8. The van der Waals surface area contributed by atoms with Crippen molar-refractivity contribution < 1.29 is 4.79 Å². The second kappa shape index (κ2) is 9.84. The van der Waals surface area contributed by atoms with Crippen molar-refractivity contribution in [3.63, 3.8) is 0 Å². The molecule has 5 heteroatoms. The highest BCUT2D eigenvalue weighted by molar-refractivity contribution is 5.94. The molecule has 0 bridgehead atoms. The molecule has 2 fully saturated rings. The van der Waals surface area contributed by atoms with Crippen molar-refractivity contribution in [2.24, 2.45) is 0 Å². The summed E-state index contributed by atoms with van der Waals surface area (Å²) in [5, 5.41) is 0. The molecule has 0 aliphatic carbocycles. The number of piperazine rings is 2. The van der Waals surface area contributed by atoms with Gasteiger partial charge in [-0.25, -0.2) is 0 Å². The van der Waals surface area contributed by atoms with Gasteiger partial charge in [-0.15, -0.1) is 0 Å². The molecule has 0 spiro atoms. The highest BCUT2D eigenvalue weighted by Gasteiger charge is 2.22. The van der Waals surface area contributed by atoms with Gasteiger partial charge >= 0.3 is 0 Å². The van der Waals surface area contributed by atoms with E-state index in [1.165, 1.54) is 22.4 Å². The number of hydrogen-bond donors (Lipinski definition) is 0. The quantitative estimate of drug-likeness (QED) is 0.742. The van der Waals surface area contributed by atoms with Gasteiger partial charge in [-0.05, 0) is 61.3 Å². The van der Waals surface area contributed by atoms with Crippen molar-refractivity contribution in [3.8, 4) is 0 Å². The van der Waals surface area contributed by atoms with Gasteiger partial charge in [0, 0.05) is 70.2 Å². The van der Waals surface area contributed by atoms with Gasteiger partial charge in [-0.3, -0.25) is 9.69 Å². The Bertz CT molecular complexity index is 879. The number of likely N-dealkylation sites (N-methyl/N-ethyl adjacent to an activating group) is 1. The number of aryl methyl sites for hydroxylation is 2. The van der Waals surface area contributed by atoms with Crippen LogP contribution in [0.25, 0.3) is 0 Å². The third-order valence-corrected chi connectivity index (χ3v) is 6.94. The molecule has 2 aromatic carbocycles. The smallest absolute Gasteiger partial charge is 0.253 e. The molecule has 2 aliphatic heterocycles. The monoisotopic (exact) mass is 420 g/mol. The summed E-state index contributed by atoms with van der Waals surface area (Å²) in [5.41, 5.74) is 6.15. The van der Waals surface area contributed by atoms with Gasteiger partial charge in [-0.2, -0.15) is 0 Å². The summed E-state index contributed by atoms with van der Waals surface area (Å²) >= 11 is 0. The Labute approximate surface area is 187 Å². The Morgan fingerprint density at radius 1 is 0.774 bits per heavy atom. The first-order valence-electron chi connectivity index (χ1n) is 11.7. The van der Waals surface area contributed by atoms with E-state index in [-0.39, 0.29) is 5.91 Å². The maximum Gasteiger partial charge on any atom is 0.253 e. The number of benzene rings is 2. The van der Waals surface area contributed by atoms with Crippen LogP contribution in [-0.4, -0.2) is 79.5 Å². The summed E-state index contributed by atoms with van der Waals surface area (Å²) in [6, 6.07) is 15.1. The van der Waals surface area contributed by atoms with E-state index in [9.17, 15) is 4.79 Å². The van der Waals surface area contributed by atoms with Gasteiger partial charge < -0.3 is 14.7 Å². The lowest BCUT2D eigenvalue weighted by Gasteiger charge is -2.36. The van der Waals surface area contributed by atoms with Gasteiger partial charge in [0.25, 0.3) is 5.91 Å². The molecule has 2 aliphatic rings. The Morgan fingerprint density at radius 3 is 2.03 bits per heavy atom. The summed E-state index contributed by atoms with van der Waals surface area (Å²) in [6.45, 7) is 16.4. The van der Waals surface area contributed by atoms with E-state index in [0.29, 0.717) is 0 Å². The predicted octanol–water partition coefficient (Wildman–Crippen LogP) is 3.40. The Kier molecular flexibility index (Phi) is 6.93. The third-order valence-electron chi connectivity index (χ3n) is 6.94. The first-order chi connectivity index (χ1) is 15.0. The third kappa shape index (κ3) is 5.28. The predicted molar refractivity (Wildman–Crippen MR) is 128 cm³/mol. The van der Waals surface area contributed by atoms with Crippen LogP contribution >= 0.6 is 0 Å². The minimum absolute atomic E-state index is 0.171. The number of hydrogen-bond acceptors (Lipinski definition) is 4. The number of carbonyl (C=O) groups is 1. The molecule has 0 unspecified atom stereocenters. The molecule has 166 valence electrons. The van der Waals surface area contributed by atoms with Gasteiger partial charge in [0.1, 0.15) is 0 Å². The largest absolute Gasteiger partial charge is 0.369 e. The Hall–Kier alpha value is -2.37. The summed E-state index contributed by atoms with van der Waals surface area (Å²) < 4.78 is 0. The first-order valence-corrected chi connectivity index (χ1v) is 11.7. The molecule has 0 atom stereocenters. The normalized spacial score (nSPS) is 18.4. The van der Waals surface area contributed by atoms with E-state index < -0.39 is 0 Å². The average Bonchev–Trinajstić information content (AvgIpc) is 2.81. The Balaban J connectivity index is 1.28. The topological polar surface area (TPSA) is 30.0 Å². The fraction of sp³-hybridized carbons (Fsp3) is 0.500. The van der Waals surface area contributed by atoms with Gasteiger partial charge in [0.15, 0.2) is 0 Å². The van der Waals surface area contributed by atoms with Gasteiger partial charge in [0.2, 0.25) is 0 Å². The molecule has 2 aromatic rings. The molecule has 5 nitrogen and oxygen atoms in total. The van der Waals surface area contributed by atoms with Crippen molar-refractivity contribution in [1.82, 2.24) is 14.7 Å². The number of amides is 1. The average molecular weight is 421 g/mol. The van der Waals surface area contributed by atoms with Crippen molar-refractivity contribution in [2.75, 3.05) is 63.8 Å². The van der Waals surface area contributed by atoms with Crippen LogP contribution in [-0.2, 0) is 6.54 Å². The van der Waals surface area contributed by atoms with E-state index in [2.05, 4.69) is 65.8 Å². The molecular formula is C26H36N4O. The van der Waals surface area contributed by atoms with Gasteiger partial charge in [-0.1, -0.05) is 25.1 Å². The number of nitrogens with zero attached hydrogens (tertiary/aromatic N) is 4. The fourth-order valence-electron chi connectivity index (χ4n) is 4.55. The molecule has 1 amide bonds. The van der Waals surface area contributed by atoms with Crippen LogP contribution < -0.4 is 4.90 Å². The molecule has 4 rings (SSSR count). The second-order valence-corrected chi connectivity index (χ2v) is 8.96. The maximum absolute atomic E-state index is 12.8. The summed E-state index contributed by atoms with van der Waals surface area (Å²) in [7, 11) is 0. The van der Waals surface area contributed by atoms with Crippen LogP contribution in [0.4, 0.5) is 5.69 Å².